The molecule has 0 aliphatic heterocycles. The molecule has 0 aliphatic carbocycles. The molecule has 2 atom stereocenters. The molecule has 0 amide bonds. The van der Waals surface area contributed by atoms with Crippen LogP contribution < -0.4 is 0 Å². The van der Waals surface area contributed by atoms with Crippen LogP contribution in [0.5, 0.6) is 0 Å². The highest BCUT2D eigenvalue weighted by molar-refractivity contribution is 6.33. The first-order valence-electron chi connectivity index (χ1n) is 7.21. The van der Waals surface area contributed by atoms with Crippen LogP contribution in [0.1, 0.15) is 68.3 Å². The number of carbonyl (C=O) groups excluding carboxylic acids is 1. The molecule has 2 nitrogen and oxygen atoms in total. The van der Waals surface area contributed by atoms with Crippen molar-refractivity contribution < 1.29 is 4.79 Å². The number of hydrogen-bond donors (Lipinski definition) is 0. The number of carbonyl (C=O) groups is 1. The van der Waals surface area contributed by atoms with Crippen molar-refractivity contribution in [2.75, 3.05) is 0 Å². The van der Waals surface area contributed by atoms with Crippen molar-refractivity contribution in [2.45, 2.75) is 65.8 Å². The second kappa shape index (κ2) is 6.60. The molecule has 1 aromatic rings. The maximum Gasteiger partial charge on any atom is 0.182 e. The van der Waals surface area contributed by atoms with Crippen LogP contribution in [0.2, 0.25) is 0 Å². The van der Waals surface area contributed by atoms with Gasteiger partial charge < -0.3 is 4.57 Å². The molecule has 0 radical (unpaired) electrons. The minimum atomic E-state index is -0.461. The van der Waals surface area contributed by atoms with Gasteiger partial charge in [-0.25, -0.2) is 0 Å². The van der Waals surface area contributed by atoms with E-state index in [1.165, 1.54) is 0 Å². The van der Waals surface area contributed by atoms with Crippen LogP contribution in [0, 0.1) is 19.8 Å². The van der Waals surface area contributed by atoms with E-state index in [0.717, 1.165) is 29.8 Å². The molecule has 0 bridgehead atoms. The minimum Gasteiger partial charge on any atom is -0.345 e. The van der Waals surface area contributed by atoms with E-state index in [1.54, 1.807) is 6.92 Å². The van der Waals surface area contributed by atoms with E-state index >= 15 is 0 Å². The van der Waals surface area contributed by atoms with Crippen LogP contribution in [-0.2, 0) is 0 Å². The lowest BCUT2D eigenvalue weighted by Gasteiger charge is -2.26. The van der Waals surface area contributed by atoms with Crippen molar-refractivity contribution >= 4 is 17.4 Å². The normalized spacial score (nSPS) is 14.7. The maximum absolute atomic E-state index is 12.1. The Hall–Kier alpha value is -0.760. The van der Waals surface area contributed by atoms with Crippen molar-refractivity contribution in [2.24, 2.45) is 5.92 Å². The number of rotatable bonds is 6. The summed E-state index contributed by atoms with van der Waals surface area (Å²) >= 11 is 5.93. The summed E-state index contributed by atoms with van der Waals surface area (Å²) in [7, 11) is 0. The highest BCUT2D eigenvalue weighted by Crippen LogP contribution is 2.30. The fourth-order valence-corrected chi connectivity index (χ4v) is 3.17. The number of aromatic nitrogens is 1. The van der Waals surface area contributed by atoms with Gasteiger partial charge >= 0.3 is 0 Å². The SMILES string of the molecule is CCC(CC)C(C)n1c(C)cc(C(=O)C(C)Cl)c1C. The summed E-state index contributed by atoms with van der Waals surface area (Å²) < 4.78 is 2.30. The van der Waals surface area contributed by atoms with E-state index in [0.29, 0.717) is 12.0 Å². The van der Waals surface area contributed by atoms with Gasteiger partial charge in [-0.05, 0) is 39.7 Å². The van der Waals surface area contributed by atoms with E-state index in [9.17, 15) is 4.79 Å². The van der Waals surface area contributed by atoms with Gasteiger partial charge in [0.15, 0.2) is 5.78 Å². The largest absolute Gasteiger partial charge is 0.345 e. The van der Waals surface area contributed by atoms with Crippen molar-refractivity contribution in [3.63, 3.8) is 0 Å². The Morgan fingerprint density at radius 3 is 2.21 bits per heavy atom. The Morgan fingerprint density at radius 2 is 1.79 bits per heavy atom. The monoisotopic (exact) mass is 283 g/mol. The second-order valence-electron chi connectivity index (χ2n) is 5.45. The summed E-state index contributed by atoms with van der Waals surface area (Å²) in [4.78, 5) is 12.1. The maximum atomic E-state index is 12.1. The van der Waals surface area contributed by atoms with Crippen molar-refractivity contribution in [3.8, 4) is 0 Å². The third-order valence-corrected chi connectivity index (χ3v) is 4.45. The number of aryl methyl sites for hydroxylation is 1. The fraction of sp³-hybridized carbons (Fsp3) is 0.688. The van der Waals surface area contributed by atoms with Gasteiger partial charge in [-0.15, -0.1) is 11.6 Å². The number of hydrogen-bond acceptors (Lipinski definition) is 1. The molecule has 108 valence electrons. The Balaban J connectivity index is 3.20. The predicted octanol–water partition coefficient (Wildman–Crippen LogP) is 4.91. The zero-order valence-corrected chi connectivity index (χ0v) is 13.7. The molecule has 0 N–H and O–H groups in total. The lowest BCUT2D eigenvalue weighted by atomic mass is 9.95. The smallest absolute Gasteiger partial charge is 0.182 e. The molecule has 3 heteroatoms. The molecule has 1 aromatic heterocycles. The second-order valence-corrected chi connectivity index (χ2v) is 6.11. The van der Waals surface area contributed by atoms with Gasteiger partial charge in [-0.2, -0.15) is 0 Å². The molecule has 0 aromatic carbocycles. The molecule has 1 heterocycles. The highest BCUT2D eigenvalue weighted by atomic mass is 35.5. The molecule has 0 saturated heterocycles. The van der Waals surface area contributed by atoms with Gasteiger partial charge in [0, 0.05) is 23.0 Å². The van der Waals surface area contributed by atoms with Gasteiger partial charge in [0.05, 0.1) is 5.38 Å². The standard InChI is InChI=1S/C16H26ClNO/c1-7-14(8-2)12(5)18-10(3)9-15(13(18)6)16(19)11(4)17/h9,11-12,14H,7-8H2,1-6H3. The Kier molecular flexibility index (Phi) is 5.66. The number of nitrogens with zero attached hydrogens (tertiary/aromatic N) is 1. The fourth-order valence-electron chi connectivity index (χ4n) is 3.05. The Morgan fingerprint density at radius 1 is 1.26 bits per heavy atom. The third-order valence-electron chi connectivity index (χ3n) is 4.25. The number of ketones is 1. The van der Waals surface area contributed by atoms with Gasteiger partial charge in [0.2, 0.25) is 0 Å². The summed E-state index contributed by atoms with van der Waals surface area (Å²) in [6.07, 6.45) is 2.31. The molecule has 0 aliphatic rings. The Bertz CT molecular complexity index is 444. The number of alkyl halides is 1. The molecular formula is C16H26ClNO. The summed E-state index contributed by atoms with van der Waals surface area (Å²) in [5.74, 6) is 0.666. The van der Waals surface area contributed by atoms with Gasteiger partial charge in [-0.3, -0.25) is 4.79 Å². The molecule has 0 fully saturated rings. The first kappa shape index (κ1) is 16.3. The summed E-state index contributed by atoms with van der Waals surface area (Å²) in [6.45, 7) is 12.5. The van der Waals surface area contributed by atoms with Gasteiger partial charge in [-0.1, -0.05) is 26.7 Å². The van der Waals surface area contributed by atoms with E-state index < -0.39 is 5.38 Å². The van der Waals surface area contributed by atoms with E-state index in [2.05, 4.69) is 32.3 Å². The Labute approximate surface area is 122 Å². The first-order chi connectivity index (χ1) is 8.84. The van der Waals surface area contributed by atoms with Crippen molar-refractivity contribution in [1.29, 1.82) is 0 Å². The summed E-state index contributed by atoms with van der Waals surface area (Å²) in [5, 5.41) is -0.461. The topological polar surface area (TPSA) is 22.0 Å². The van der Waals surface area contributed by atoms with Gasteiger partial charge in [0.1, 0.15) is 0 Å². The molecular weight excluding hydrogens is 258 g/mol. The van der Waals surface area contributed by atoms with Crippen molar-refractivity contribution in [3.05, 3.63) is 23.0 Å². The molecule has 1 rings (SSSR count). The highest BCUT2D eigenvalue weighted by Gasteiger charge is 2.24. The molecule has 2 unspecified atom stereocenters. The van der Waals surface area contributed by atoms with E-state index in [4.69, 9.17) is 11.6 Å². The molecule has 19 heavy (non-hydrogen) atoms. The first-order valence-corrected chi connectivity index (χ1v) is 7.65. The zero-order chi connectivity index (χ0) is 14.7. The quantitative estimate of drug-likeness (QED) is 0.537. The van der Waals surface area contributed by atoms with Crippen molar-refractivity contribution in [1.82, 2.24) is 4.57 Å². The minimum absolute atomic E-state index is 0.0257. The molecule has 0 saturated carbocycles. The average Bonchev–Trinajstić information content (AvgIpc) is 2.65. The average molecular weight is 284 g/mol. The summed E-state index contributed by atoms with van der Waals surface area (Å²) in [5.41, 5.74) is 2.98. The van der Waals surface area contributed by atoms with Crippen LogP contribution in [0.4, 0.5) is 0 Å². The molecule has 0 spiro atoms. The third kappa shape index (κ3) is 3.22. The lowest BCUT2D eigenvalue weighted by Crippen LogP contribution is -2.19. The number of halogens is 1. The van der Waals surface area contributed by atoms with Crippen LogP contribution in [-0.4, -0.2) is 15.7 Å². The predicted molar refractivity (Wildman–Crippen MR) is 82.3 cm³/mol. The van der Waals surface area contributed by atoms with E-state index in [1.807, 2.05) is 13.0 Å². The van der Waals surface area contributed by atoms with Crippen LogP contribution in [0.25, 0.3) is 0 Å². The number of Topliss-reactive ketones (excluding diaryl/α,β-unsaturated/α-hetero) is 1. The summed E-state index contributed by atoms with van der Waals surface area (Å²) in [6, 6.07) is 2.40. The van der Waals surface area contributed by atoms with Crippen LogP contribution in [0.3, 0.4) is 0 Å². The van der Waals surface area contributed by atoms with Crippen LogP contribution in [0.15, 0.2) is 6.07 Å². The van der Waals surface area contributed by atoms with E-state index in [-0.39, 0.29) is 5.78 Å². The van der Waals surface area contributed by atoms with Gasteiger partial charge in [0.25, 0.3) is 0 Å². The lowest BCUT2D eigenvalue weighted by molar-refractivity contribution is 0.0991. The zero-order valence-electron chi connectivity index (χ0n) is 13.0. The van der Waals surface area contributed by atoms with Crippen LogP contribution >= 0.6 is 11.6 Å².